The van der Waals surface area contributed by atoms with Crippen molar-refractivity contribution < 1.29 is 18.7 Å². The summed E-state index contributed by atoms with van der Waals surface area (Å²) in [4.78, 5) is 10.8. The van der Waals surface area contributed by atoms with Crippen molar-refractivity contribution in [1.29, 1.82) is 0 Å². The highest BCUT2D eigenvalue weighted by molar-refractivity contribution is 5.70. The SMILES string of the molecule is COC(=O)COc1ccc(F)cc1CN. The Morgan fingerprint density at radius 2 is 2.27 bits per heavy atom. The van der Waals surface area contributed by atoms with E-state index in [0.29, 0.717) is 11.3 Å². The Morgan fingerprint density at radius 3 is 2.87 bits per heavy atom. The van der Waals surface area contributed by atoms with Crippen LogP contribution >= 0.6 is 0 Å². The minimum absolute atomic E-state index is 0.147. The number of benzene rings is 1. The van der Waals surface area contributed by atoms with Crippen molar-refractivity contribution in [1.82, 2.24) is 0 Å². The molecule has 82 valence electrons. The fourth-order valence-corrected chi connectivity index (χ4v) is 1.04. The van der Waals surface area contributed by atoms with Crippen LogP contribution in [0.5, 0.6) is 5.75 Å². The third-order valence-corrected chi connectivity index (χ3v) is 1.82. The molecule has 0 aliphatic rings. The second-order valence-electron chi connectivity index (χ2n) is 2.82. The Labute approximate surface area is 86.8 Å². The molecule has 0 heterocycles. The van der Waals surface area contributed by atoms with Crippen molar-refractivity contribution in [3.8, 4) is 5.75 Å². The van der Waals surface area contributed by atoms with Crippen molar-refractivity contribution >= 4 is 5.97 Å². The van der Waals surface area contributed by atoms with Gasteiger partial charge in [0, 0.05) is 12.1 Å². The van der Waals surface area contributed by atoms with Crippen LogP contribution in [-0.4, -0.2) is 19.7 Å². The van der Waals surface area contributed by atoms with Crippen LogP contribution in [0.25, 0.3) is 0 Å². The summed E-state index contributed by atoms with van der Waals surface area (Å²) in [5.41, 5.74) is 5.91. The fourth-order valence-electron chi connectivity index (χ4n) is 1.04. The molecule has 0 unspecified atom stereocenters. The Bertz CT molecular complexity index is 355. The lowest BCUT2D eigenvalue weighted by Crippen LogP contribution is -2.14. The molecule has 1 aromatic rings. The lowest BCUT2D eigenvalue weighted by atomic mass is 10.2. The third-order valence-electron chi connectivity index (χ3n) is 1.82. The van der Waals surface area contributed by atoms with Crippen LogP contribution in [0.4, 0.5) is 4.39 Å². The molecular weight excluding hydrogens is 201 g/mol. The van der Waals surface area contributed by atoms with Crippen molar-refractivity contribution in [3.63, 3.8) is 0 Å². The number of halogens is 1. The monoisotopic (exact) mass is 213 g/mol. The first-order valence-electron chi connectivity index (χ1n) is 4.35. The maximum Gasteiger partial charge on any atom is 0.343 e. The number of hydrogen-bond donors (Lipinski definition) is 1. The molecule has 15 heavy (non-hydrogen) atoms. The van der Waals surface area contributed by atoms with Gasteiger partial charge in [-0.3, -0.25) is 0 Å². The summed E-state index contributed by atoms with van der Waals surface area (Å²) in [5.74, 6) is -0.493. The van der Waals surface area contributed by atoms with Gasteiger partial charge in [0.2, 0.25) is 0 Å². The van der Waals surface area contributed by atoms with E-state index in [1.807, 2.05) is 0 Å². The molecule has 0 fully saturated rings. The van der Waals surface area contributed by atoms with Gasteiger partial charge in [0.1, 0.15) is 11.6 Å². The van der Waals surface area contributed by atoms with Gasteiger partial charge in [-0.15, -0.1) is 0 Å². The van der Waals surface area contributed by atoms with Crippen LogP contribution in [0.3, 0.4) is 0 Å². The fraction of sp³-hybridized carbons (Fsp3) is 0.300. The zero-order valence-corrected chi connectivity index (χ0v) is 8.33. The van der Waals surface area contributed by atoms with Gasteiger partial charge in [-0.25, -0.2) is 9.18 Å². The lowest BCUT2D eigenvalue weighted by Gasteiger charge is -2.08. The molecule has 0 spiro atoms. The molecule has 0 aliphatic carbocycles. The second kappa shape index (κ2) is 5.31. The summed E-state index contributed by atoms with van der Waals surface area (Å²) in [5, 5.41) is 0. The number of rotatable bonds is 4. The standard InChI is InChI=1S/C10H12FNO3/c1-14-10(13)6-15-9-3-2-8(11)4-7(9)5-12/h2-4H,5-6,12H2,1H3. The summed E-state index contributed by atoms with van der Waals surface area (Å²) < 4.78 is 22.3. The number of esters is 1. The molecule has 0 amide bonds. The van der Waals surface area contributed by atoms with Gasteiger partial charge in [0.25, 0.3) is 0 Å². The molecule has 0 bridgehead atoms. The van der Waals surface area contributed by atoms with Crippen LogP contribution in [-0.2, 0) is 16.1 Å². The molecule has 1 aromatic carbocycles. The first-order valence-corrected chi connectivity index (χ1v) is 4.35. The smallest absolute Gasteiger partial charge is 0.343 e. The highest BCUT2D eigenvalue weighted by atomic mass is 19.1. The number of nitrogens with two attached hydrogens (primary N) is 1. The van der Waals surface area contributed by atoms with E-state index in [0.717, 1.165) is 0 Å². The molecular formula is C10H12FNO3. The zero-order chi connectivity index (χ0) is 11.3. The van der Waals surface area contributed by atoms with Gasteiger partial charge in [-0.2, -0.15) is 0 Å². The van der Waals surface area contributed by atoms with E-state index < -0.39 is 5.97 Å². The number of hydrogen-bond acceptors (Lipinski definition) is 4. The molecule has 0 atom stereocenters. The van der Waals surface area contributed by atoms with Crippen LogP contribution in [0.15, 0.2) is 18.2 Å². The largest absolute Gasteiger partial charge is 0.482 e. The molecule has 0 aliphatic heterocycles. The molecule has 0 aromatic heterocycles. The highest BCUT2D eigenvalue weighted by Gasteiger charge is 2.06. The molecule has 5 heteroatoms. The zero-order valence-electron chi connectivity index (χ0n) is 8.33. The van der Waals surface area contributed by atoms with E-state index in [4.69, 9.17) is 10.5 Å². The molecule has 2 N–H and O–H groups in total. The van der Waals surface area contributed by atoms with E-state index in [1.165, 1.54) is 25.3 Å². The van der Waals surface area contributed by atoms with E-state index in [2.05, 4.69) is 4.74 Å². The van der Waals surface area contributed by atoms with Crippen LogP contribution in [0.2, 0.25) is 0 Å². The number of carbonyl (C=O) groups is 1. The Morgan fingerprint density at radius 1 is 1.53 bits per heavy atom. The average molecular weight is 213 g/mol. The number of ether oxygens (including phenoxy) is 2. The molecule has 4 nitrogen and oxygen atoms in total. The summed E-state index contributed by atoms with van der Waals surface area (Å²) in [6.45, 7) is -0.0661. The molecule has 0 saturated heterocycles. The van der Waals surface area contributed by atoms with Gasteiger partial charge >= 0.3 is 5.97 Å². The van der Waals surface area contributed by atoms with Crippen molar-refractivity contribution in [2.24, 2.45) is 5.73 Å². The minimum atomic E-state index is -0.498. The quantitative estimate of drug-likeness (QED) is 0.753. The summed E-state index contributed by atoms with van der Waals surface area (Å²) in [7, 11) is 1.26. The lowest BCUT2D eigenvalue weighted by molar-refractivity contribution is -0.142. The highest BCUT2D eigenvalue weighted by Crippen LogP contribution is 2.18. The first-order chi connectivity index (χ1) is 7.17. The van der Waals surface area contributed by atoms with Crippen molar-refractivity contribution in [3.05, 3.63) is 29.6 Å². The Balaban J connectivity index is 2.72. The van der Waals surface area contributed by atoms with Gasteiger partial charge in [-0.1, -0.05) is 0 Å². The van der Waals surface area contributed by atoms with Crippen LogP contribution in [0, 0.1) is 5.82 Å². The van der Waals surface area contributed by atoms with E-state index in [-0.39, 0.29) is 19.0 Å². The maximum absolute atomic E-state index is 12.8. The van der Waals surface area contributed by atoms with Gasteiger partial charge in [0.15, 0.2) is 6.61 Å². The first kappa shape index (κ1) is 11.5. The predicted molar refractivity (Wildman–Crippen MR) is 51.8 cm³/mol. The Hall–Kier alpha value is -1.62. The summed E-state index contributed by atoms with van der Waals surface area (Å²) in [6.07, 6.45) is 0. The third kappa shape index (κ3) is 3.21. The molecule has 0 saturated carbocycles. The van der Waals surface area contributed by atoms with Gasteiger partial charge in [-0.05, 0) is 18.2 Å². The van der Waals surface area contributed by atoms with Crippen molar-refractivity contribution in [2.75, 3.05) is 13.7 Å². The number of methoxy groups -OCH3 is 1. The average Bonchev–Trinajstić information content (AvgIpc) is 2.26. The summed E-state index contributed by atoms with van der Waals surface area (Å²) >= 11 is 0. The van der Waals surface area contributed by atoms with Gasteiger partial charge < -0.3 is 15.2 Å². The normalized spacial score (nSPS) is 9.80. The van der Waals surface area contributed by atoms with Gasteiger partial charge in [0.05, 0.1) is 7.11 Å². The van der Waals surface area contributed by atoms with Crippen LogP contribution in [0.1, 0.15) is 5.56 Å². The summed E-state index contributed by atoms with van der Waals surface area (Å²) in [6, 6.07) is 3.94. The van der Waals surface area contributed by atoms with E-state index >= 15 is 0 Å². The number of carbonyl (C=O) groups excluding carboxylic acids is 1. The molecule has 0 radical (unpaired) electrons. The van der Waals surface area contributed by atoms with E-state index in [9.17, 15) is 9.18 Å². The molecule has 1 rings (SSSR count). The van der Waals surface area contributed by atoms with Crippen LogP contribution < -0.4 is 10.5 Å². The minimum Gasteiger partial charge on any atom is -0.482 e. The van der Waals surface area contributed by atoms with E-state index in [1.54, 1.807) is 0 Å². The second-order valence-corrected chi connectivity index (χ2v) is 2.82. The topological polar surface area (TPSA) is 61.5 Å². The Kier molecular flexibility index (Phi) is 4.05. The maximum atomic E-state index is 12.8. The van der Waals surface area contributed by atoms with Crippen molar-refractivity contribution in [2.45, 2.75) is 6.54 Å². The predicted octanol–water partition coefficient (Wildman–Crippen LogP) is 0.836.